The van der Waals surface area contributed by atoms with E-state index in [1.807, 2.05) is 0 Å². The van der Waals surface area contributed by atoms with Crippen LogP contribution in [0.1, 0.15) is 27.2 Å². The third kappa shape index (κ3) is 8.56. The summed E-state index contributed by atoms with van der Waals surface area (Å²) in [6, 6.07) is 0. The summed E-state index contributed by atoms with van der Waals surface area (Å²) in [5, 5.41) is 1.22. The fraction of sp³-hybridized carbons (Fsp3) is 1.00. The number of hydrogen-bond donors (Lipinski definition) is 0. The van der Waals surface area contributed by atoms with Gasteiger partial charge in [0.2, 0.25) is 0 Å². The van der Waals surface area contributed by atoms with Crippen LogP contribution in [0.2, 0.25) is 5.09 Å². The minimum atomic E-state index is 0.0508. The molecular weight excluding hydrogens is 107 g/mol. The van der Waals surface area contributed by atoms with E-state index >= 15 is 0 Å². The van der Waals surface area contributed by atoms with Crippen LogP contribution in [0.15, 0.2) is 0 Å². The van der Waals surface area contributed by atoms with Crippen LogP contribution in [-0.4, -0.2) is 29.9 Å². The molecule has 0 aromatic carbocycles. The summed E-state index contributed by atoms with van der Waals surface area (Å²) in [4.78, 5) is 0. The molecule has 2 heteroatoms. The third-order valence-electron chi connectivity index (χ3n) is 1.03. The standard InChI is InChI=1S/C7H15O.Li/c1-5-6-8-7(2,3)4;/h1,5-6H2,2-4H3;. The van der Waals surface area contributed by atoms with E-state index in [0.717, 1.165) is 6.61 Å². The summed E-state index contributed by atoms with van der Waals surface area (Å²) < 4.78 is 5.47. The maximum absolute atomic E-state index is 5.47. The molecule has 0 aromatic rings. The van der Waals surface area contributed by atoms with Crippen molar-refractivity contribution in [3.05, 3.63) is 0 Å². The molecule has 0 radical (unpaired) electrons. The average Bonchev–Trinajstić information content (AvgIpc) is 1.63. The van der Waals surface area contributed by atoms with Gasteiger partial charge in [-0.25, -0.2) is 0 Å². The van der Waals surface area contributed by atoms with Gasteiger partial charge < -0.3 is 0 Å². The van der Waals surface area contributed by atoms with Crippen molar-refractivity contribution in [1.29, 1.82) is 0 Å². The predicted molar refractivity (Wildman–Crippen MR) is 40.9 cm³/mol. The van der Waals surface area contributed by atoms with Crippen LogP contribution in [0.5, 0.6) is 0 Å². The molecule has 0 atom stereocenters. The third-order valence-corrected chi connectivity index (χ3v) is 1.03. The van der Waals surface area contributed by atoms with Crippen molar-refractivity contribution in [3.8, 4) is 0 Å². The first-order chi connectivity index (χ1) is 4.06. The monoisotopic (exact) mass is 122 g/mol. The fourth-order valence-electron chi connectivity index (χ4n) is 0.523. The van der Waals surface area contributed by atoms with E-state index in [9.17, 15) is 0 Å². The van der Waals surface area contributed by atoms with Gasteiger partial charge >= 0.3 is 66.9 Å². The van der Waals surface area contributed by atoms with Crippen molar-refractivity contribution in [2.75, 3.05) is 6.61 Å². The average molecular weight is 122 g/mol. The van der Waals surface area contributed by atoms with Crippen LogP contribution in [-0.2, 0) is 4.74 Å². The van der Waals surface area contributed by atoms with E-state index in [4.69, 9.17) is 4.74 Å². The molecule has 0 aliphatic heterocycles. The Morgan fingerprint density at radius 1 is 1.33 bits per heavy atom. The molecule has 1 nitrogen and oxygen atoms in total. The molecule has 0 aliphatic carbocycles. The first kappa shape index (κ1) is 9.56. The molecule has 0 heterocycles. The van der Waals surface area contributed by atoms with Gasteiger partial charge in [-0.3, -0.25) is 0 Å². The predicted octanol–water partition coefficient (Wildman–Crippen LogP) is 1.78. The zero-order valence-corrected chi connectivity index (χ0v) is 7.03. The topological polar surface area (TPSA) is 9.23 Å². The van der Waals surface area contributed by atoms with Gasteiger partial charge in [0, 0.05) is 0 Å². The van der Waals surface area contributed by atoms with E-state index < -0.39 is 0 Å². The molecule has 0 unspecified atom stereocenters. The van der Waals surface area contributed by atoms with Crippen molar-refractivity contribution in [3.63, 3.8) is 0 Å². The van der Waals surface area contributed by atoms with Crippen molar-refractivity contribution in [2.45, 2.75) is 37.9 Å². The summed E-state index contributed by atoms with van der Waals surface area (Å²) in [5.41, 5.74) is 0.0508. The summed E-state index contributed by atoms with van der Waals surface area (Å²) in [7, 11) is 0. The molecule has 0 bridgehead atoms. The zero-order valence-electron chi connectivity index (χ0n) is 7.03. The Hall–Kier alpha value is 0.557. The summed E-state index contributed by atoms with van der Waals surface area (Å²) >= 11 is 2.17. The van der Waals surface area contributed by atoms with Gasteiger partial charge in [-0.2, -0.15) is 0 Å². The van der Waals surface area contributed by atoms with Gasteiger partial charge in [0.05, 0.1) is 0 Å². The minimum absolute atomic E-state index is 0.0508. The van der Waals surface area contributed by atoms with Crippen LogP contribution in [0.25, 0.3) is 0 Å². The van der Waals surface area contributed by atoms with Gasteiger partial charge in [0.1, 0.15) is 0 Å². The molecule has 0 fully saturated rings. The summed E-state index contributed by atoms with van der Waals surface area (Å²) in [6.07, 6.45) is 1.18. The summed E-state index contributed by atoms with van der Waals surface area (Å²) in [6.45, 7) is 7.16. The molecule has 0 N–H and O–H groups in total. The van der Waals surface area contributed by atoms with Gasteiger partial charge in [-0.05, 0) is 0 Å². The van der Waals surface area contributed by atoms with Crippen LogP contribution < -0.4 is 0 Å². The quantitative estimate of drug-likeness (QED) is 0.409. The van der Waals surface area contributed by atoms with Crippen LogP contribution in [0, 0.1) is 0 Å². The first-order valence-electron chi connectivity index (χ1n) is 3.70. The van der Waals surface area contributed by atoms with Crippen LogP contribution in [0.3, 0.4) is 0 Å². The second kappa shape index (κ2) is 4.39. The second-order valence-electron chi connectivity index (χ2n) is 3.31. The van der Waals surface area contributed by atoms with Crippen LogP contribution in [0.4, 0.5) is 0 Å². The van der Waals surface area contributed by atoms with Crippen molar-refractivity contribution in [1.82, 2.24) is 0 Å². The zero-order chi connectivity index (χ0) is 7.33. The molecule has 0 spiro atoms. The normalized spacial score (nSPS) is 12.1. The first-order valence-corrected chi connectivity index (χ1v) is 3.70. The van der Waals surface area contributed by atoms with Crippen molar-refractivity contribution in [2.24, 2.45) is 0 Å². The van der Waals surface area contributed by atoms with Gasteiger partial charge in [-0.15, -0.1) is 0 Å². The van der Waals surface area contributed by atoms with E-state index in [-0.39, 0.29) is 5.60 Å². The molecular formula is C7H15LiO. The Bertz CT molecular complexity index is 65.8. The Morgan fingerprint density at radius 2 is 1.89 bits per heavy atom. The van der Waals surface area contributed by atoms with Gasteiger partial charge in [-0.1, -0.05) is 0 Å². The van der Waals surface area contributed by atoms with E-state index in [2.05, 4.69) is 38.5 Å². The van der Waals surface area contributed by atoms with E-state index in [1.54, 1.807) is 0 Å². The maximum atomic E-state index is 5.47. The van der Waals surface area contributed by atoms with Gasteiger partial charge in [0.15, 0.2) is 0 Å². The van der Waals surface area contributed by atoms with E-state index in [0.29, 0.717) is 0 Å². The molecule has 0 rings (SSSR count). The molecule has 50 valence electrons. The number of rotatable bonds is 3. The molecule has 0 aliphatic rings. The Kier molecular flexibility index (Phi) is 4.66. The number of hydrogen-bond acceptors (Lipinski definition) is 1. The summed E-state index contributed by atoms with van der Waals surface area (Å²) in [5.74, 6) is 0. The van der Waals surface area contributed by atoms with Crippen molar-refractivity contribution >= 4 is 17.7 Å². The Balaban J connectivity index is 3.07. The van der Waals surface area contributed by atoms with Crippen molar-refractivity contribution < 1.29 is 4.74 Å². The molecule has 0 amide bonds. The van der Waals surface area contributed by atoms with Crippen LogP contribution >= 0.6 is 0 Å². The van der Waals surface area contributed by atoms with E-state index in [1.165, 1.54) is 11.5 Å². The number of ether oxygens (including phenoxy) is 1. The Morgan fingerprint density at radius 3 is 2.22 bits per heavy atom. The molecule has 9 heavy (non-hydrogen) atoms. The SMILES string of the molecule is [Li][CH2]CCOC(C)(C)C. The Labute approximate surface area is 67.4 Å². The second-order valence-corrected chi connectivity index (χ2v) is 3.31. The molecule has 0 aromatic heterocycles. The fourth-order valence-corrected chi connectivity index (χ4v) is 0.523. The molecule has 0 saturated heterocycles. The molecule has 0 saturated carbocycles. The van der Waals surface area contributed by atoms with Gasteiger partial charge in [0.25, 0.3) is 0 Å².